The molecule has 0 bridgehead atoms. The van der Waals surface area contributed by atoms with Crippen LogP contribution in [0, 0.1) is 15.9 Å². The fraction of sp³-hybridized carbons (Fsp3) is 0.200. The van der Waals surface area contributed by atoms with E-state index in [-0.39, 0.29) is 16.6 Å². The molecule has 0 aliphatic carbocycles. The Morgan fingerprint density at radius 3 is 2.62 bits per heavy atom. The zero-order valence-electron chi connectivity index (χ0n) is 12.5. The SMILES string of the molecule is O=C(NCCCNc1ncc([N+](=O)[O-])cc1Cl)c1ccc(F)cc1. The van der Waals surface area contributed by atoms with E-state index in [0.29, 0.717) is 30.9 Å². The molecule has 0 fully saturated rings. The molecule has 1 aromatic heterocycles. The van der Waals surface area contributed by atoms with Gasteiger partial charge in [-0.05, 0) is 30.7 Å². The van der Waals surface area contributed by atoms with Gasteiger partial charge in [0.1, 0.15) is 17.8 Å². The number of aromatic nitrogens is 1. The molecule has 0 aliphatic rings. The van der Waals surface area contributed by atoms with Crippen molar-refractivity contribution in [3.05, 3.63) is 63.0 Å². The molecule has 0 unspecified atom stereocenters. The quantitative estimate of drug-likeness (QED) is 0.453. The van der Waals surface area contributed by atoms with E-state index in [2.05, 4.69) is 15.6 Å². The summed E-state index contributed by atoms with van der Waals surface area (Å²) in [5.74, 6) is -0.350. The van der Waals surface area contributed by atoms with Crippen LogP contribution >= 0.6 is 11.6 Å². The van der Waals surface area contributed by atoms with Crippen LogP contribution in [0.4, 0.5) is 15.9 Å². The molecule has 0 atom stereocenters. The molecule has 126 valence electrons. The number of halogens is 2. The van der Waals surface area contributed by atoms with Gasteiger partial charge in [0.15, 0.2) is 0 Å². The van der Waals surface area contributed by atoms with Crippen LogP contribution in [-0.4, -0.2) is 28.9 Å². The Morgan fingerprint density at radius 1 is 1.29 bits per heavy atom. The van der Waals surface area contributed by atoms with Gasteiger partial charge < -0.3 is 10.6 Å². The summed E-state index contributed by atoms with van der Waals surface area (Å²) in [6.45, 7) is 0.863. The van der Waals surface area contributed by atoms with Crippen molar-refractivity contribution in [2.45, 2.75) is 6.42 Å². The summed E-state index contributed by atoms with van der Waals surface area (Å²) in [6.07, 6.45) is 1.70. The second kappa shape index (κ2) is 8.21. The number of hydrogen-bond donors (Lipinski definition) is 2. The van der Waals surface area contributed by atoms with Crippen molar-refractivity contribution in [3.8, 4) is 0 Å². The average Bonchev–Trinajstić information content (AvgIpc) is 2.56. The van der Waals surface area contributed by atoms with Crippen LogP contribution in [0.5, 0.6) is 0 Å². The van der Waals surface area contributed by atoms with Crippen LogP contribution in [0.3, 0.4) is 0 Å². The van der Waals surface area contributed by atoms with Crippen LogP contribution in [0.15, 0.2) is 36.5 Å². The number of benzene rings is 1. The Kier molecular flexibility index (Phi) is 6.02. The summed E-state index contributed by atoms with van der Waals surface area (Å²) in [7, 11) is 0. The van der Waals surface area contributed by atoms with Gasteiger partial charge >= 0.3 is 0 Å². The van der Waals surface area contributed by atoms with Gasteiger partial charge in [-0.2, -0.15) is 0 Å². The van der Waals surface area contributed by atoms with Gasteiger partial charge in [-0.25, -0.2) is 9.37 Å². The minimum absolute atomic E-state index is 0.152. The third-order valence-corrected chi connectivity index (χ3v) is 3.36. The summed E-state index contributed by atoms with van der Waals surface area (Å²) < 4.78 is 12.8. The Morgan fingerprint density at radius 2 is 2.00 bits per heavy atom. The molecule has 2 N–H and O–H groups in total. The number of anilines is 1. The van der Waals surface area contributed by atoms with Crippen molar-refractivity contribution < 1.29 is 14.1 Å². The topological polar surface area (TPSA) is 97.2 Å². The molecule has 1 heterocycles. The molecule has 1 amide bonds. The highest BCUT2D eigenvalue weighted by molar-refractivity contribution is 6.33. The number of carbonyl (C=O) groups excluding carboxylic acids is 1. The molecule has 0 spiro atoms. The molecule has 9 heteroatoms. The minimum atomic E-state index is -0.576. The lowest BCUT2D eigenvalue weighted by Crippen LogP contribution is -2.25. The van der Waals surface area contributed by atoms with Crippen molar-refractivity contribution in [3.63, 3.8) is 0 Å². The maximum atomic E-state index is 12.8. The summed E-state index contributed by atoms with van der Waals surface area (Å²) in [5, 5.41) is 16.4. The van der Waals surface area contributed by atoms with Crippen LogP contribution < -0.4 is 10.6 Å². The molecular weight excluding hydrogens is 339 g/mol. The van der Waals surface area contributed by atoms with Crippen LogP contribution in [0.2, 0.25) is 5.02 Å². The number of amides is 1. The van der Waals surface area contributed by atoms with E-state index >= 15 is 0 Å². The van der Waals surface area contributed by atoms with Crippen molar-refractivity contribution in [1.29, 1.82) is 0 Å². The summed E-state index contributed by atoms with van der Waals surface area (Å²) in [4.78, 5) is 25.7. The van der Waals surface area contributed by atoms with Gasteiger partial charge in [0.2, 0.25) is 0 Å². The second-order valence-corrected chi connectivity index (χ2v) is 5.23. The second-order valence-electron chi connectivity index (χ2n) is 4.82. The highest BCUT2D eigenvalue weighted by Gasteiger charge is 2.10. The molecule has 0 radical (unpaired) electrons. The first-order valence-electron chi connectivity index (χ1n) is 7.05. The van der Waals surface area contributed by atoms with Crippen molar-refractivity contribution in [1.82, 2.24) is 10.3 Å². The lowest BCUT2D eigenvalue weighted by molar-refractivity contribution is -0.385. The van der Waals surface area contributed by atoms with E-state index in [1.807, 2.05) is 0 Å². The first-order valence-corrected chi connectivity index (χ1v) is 7.43. The maximum absolute atomic E-state index is 12.8. The van der Waals surface area contributed by atoms with E-state index in [0.717, 1.165) is 6.20 Å². The smallest absolute Gasteiger partial charge is 0.289 e. The molecule has 1 aromatic carbocycles. The van der Waals surface area contributed by atoms with Crippen molar-refractivity contribution >= 4 is 29.0 Å². The number of nitrogens with zero attached hydrogens (tertiary/aromatic N) is 2. The third-order valence-electron chi connectivity index (χ3n) is 3.08. The normalized spacial score (nSPS) is 10.2. The van der Waals surface area contributed by atoms with Gasteiger partial charge in [0.05, 0.1) is 9.95 Å². The van der Waals surface area contributed by atoms with Gasteiger partial charge in [0.25, 0.3) is 11.6 Å². The monoisotopic (exact) mass is 352 g/mol. The van der Waals surface area contributed by atoms with E-state index in [9.17, 15) is 19.3 Å². The number of nitro groups is 1. The van der Waals surface area contributed by atoms with E-state index in [1.54, 1.807) is 0 Å². The number of pyridine rings is 1. The highest BCUT2D eigenvalue weighted by atomic mass is 35.5. The average molecular weight is 353 g/mol. The standard InChI is InChI=1S/C15H14ClFN4O3/c16-13-8-12(21(23)24)9-20-14(13)18-6-1-7-19-15(22)10-2-4-11(17)5-3-10/h2-5,8-9H,1,6-7H2,(H,18,20)(H,19,22). The van der Waals surface area contributed by atoms with Gasteiger partial charge in [-0.1, -0.05) is 11.6 Å². The van der Waals surface area contributed by atoms with Crippen LogP contribution in [-0.2, 0) is 0 Å². The van der Waals surface area contributed by atoms with Crippen molar-refractivity contribution in [2.24, 2.45) is 0 Å². The lowest BCUT2D eigenvalue weighted by Gasteiger charge is -2.08. The highest BCUT2D eigenvalue weighted by Crippen LogP contribution is 2.23. The molecule has 0 saturated carbocycles. The predicted molar refractivity (Wildman–Crippen MR) is 87.7 cm³/mol. The summed E-state index contributed by atoms with van der Waals surface area (Å²) in [5.41, 5.74) is 0.196. The number of rotatable bonds is 7. The van der Waals surface area contributed by atoms with E-state index < -0.39 is 10.7 Å². The van der Waals surface area contributed by atoms with Crippen molar-refractivity contribution in [2.75, 3.05) is 18.4 Å². The molecule has 7 nitrogen and oxygen atoms in total. The van der Waals surface area contributed by atoms with E-state index in [1.165, 1.54) is 30.3 Å². The predicted octanol–water partition coefficient (Wildman–Crippen LogP) is 3.01. The van der Waals surface area contributed by atoms with Crippen LogP contribution in [0.25, 0.3) is 0 Å². The fourth-order valence-electron chi connectivity index (χ4n) is 1.86. The largest absolute Gasteiger partial charge is 0.369 e. The molecule has 0 aliphatic heterocycles. The van der Waals surface area contributed by atoms with Gasteiger partial charge in [0, 0.05) is 24.7 Å². The summed E-state index contributed by atoms with van der Waals surface area (Å²) >= 11 is 5.90. The molecule has 24 heavy (non-hydrogen) atoms. The van der Waals surface area contributed by atoms with E-state index in [4.69, 9.17) is 11.6 Å². The maximum Gasteiger partial charge on any atom is 0.289 e. The molecule has 0 saturated heterocycles. The first-order chi connectivity index (χ1) is 11.5. The lowest BCUT2D eigenvalue weighted by atomic mass is 10.2. The van der Waals surface area contributed by atoms with Gasteiger partial charge in [-0.3, -0.25) is 14.9 Å². The Hall–Kier alpha value is -2.74. The third kappa shape index (κ3) is 4.88. The Labute approximate surface area is 142 Å². The fourth-order valence-corrected chi connectivity index (χ4v) is 2.09. The zero-order chi connectivity index (χ0) is 17.5. The Balaban J connectivity index is 1.74. The number of hydrogen-bond acceptors (Lipinski definition) is 5. The molecular formula is C15H14ClFN4O3. The first kappa shape index (κ1) is 17.6. The number of carbonyl (C=O) groups is 1. The zero-order valence-corrected chi connectivity index (χ0v) is 13.2. The molecule has 2 rings (SSSR count). The minimum Gasteiger partial charge on any atom is -0.369 e. The Bertz CT molecular complexity index is 740. The molecule has 2 aromatic rings. The summed E-state index contributed by atoms with van der Waals surface area (Å²) in [6, 6.07) is 6.47. The van der Waals surface area contributed by atoms with Crippen LogP contribution in [0.1, 0.15) is 16.8 Å². The number of nitrogens with one attached hydrogen (secondary N) is 2. The van der Waals surface area contributed by atoms with Gasteiger partial charge in [-0.15, -0.1) is 0 Å².